The van der Waals surface area contributed by atoms with Crippen molar-refractivity contribution in [2.24, 2.45) is 0 Å². The second-order valence-corrected chi connectivity index (χ2v) is 3.94. The quantitative estimate of drug-likeness (QED) is 0.666. The van der Waals surface area contributed by atoms with Crippen molar-refractivity contribution >= 4 is 11.8 Å². The van der Waals surface area contributed by atoms with Gasteiger partial charge in [0, 0.05) is 25.3 Å². The molecule has 0 aliphatic rings. The topological polar surface area (TPSA) is 51.0 Å². The summed E-state index contributed by atoms with van der Waals surface area (Å²) in [6.07, 6.45) is 2.20. The molecule has 0 bridgehead atoms. The van der Waals surface area contributed by atoms with Crippen LogP contribution in [0.3, 0.4) is 0 Å². The van der Waals surface area contributed by atoms with E-state index in [4.69, 9.17) is 0 Å². The third kappa shape index (κ3) is 4.90. The minimum atomic E-state index is 0.774. The largest absolute Gasteiger partial charge is 0.343 e. The van der Waals surface area contributed by atoms with Crippen LogP contribution in [0.1, 0.15) is 12.7 Å². The number of thioether (sulfide) groups is 1. The molecule has 1 aromatic rings. The first kappa shape index (κ1) is 10.5. The van der Waals surface area contributed by atoms with E-state index in [1.807, 2.05) is 11.8 Å². The van der Waals surface area contributed by atoms with Crippen LogP contribution in [0.4, 0.5) is 0 Å². The summed E-state index contributed by atoms with van der Waals surface area (Å²) in [5.41, 5.74) is 0. The van der Waals surface area contributed by atoms with Crippen molar-refractivity contribution in [3.05, 3.63) is 12.2 Å². The highest BCUT2D eigenvalue weighted by molar-refractivity contribution is 7.99. The van der Waals surface area contributed by atoms with Gasteiger partial charge < -0.3 is 9.84 Å². The van der Waals surface area contributed by atoms with Crippen LogP contribution in [0, 0.1) is 0 Å². The Morgan fingerprint density at radius 1 is 1.54 bits per heavy atom. The third-order valence-corrected chi connectivity index (χ3v) is 2.46. The zero-order valence-electron chi connectivity index (χ0n) is 7.82. The smallest absolute Gasteiger partial charge is 0.213 e. The molecule has 13 heavy (non-hydrogen) atoms. The molecule has 0 fully saturated rings. The Kier molecular flexibility index (Phi) is 5.60. The van der Waals surface area contributed by atoms with Crippen LogP contribution >= 0.6 is 11.8 Å². The fourth-order valence-electron chi connectivity index (χ4n) is 0.916. The summed E-state index contributed by atoms with van der Waals surface area (Å²) in [5, 5.41) is 7.03. The van der Waals surface area contributed by atoms with Crippen LogP contribution in [0.15, 0.2) is 10.9 Å². The van der Waals surface area contributed by atoms with Gasteiger partial charge in [-0.15, -0.1) is 0 Å². The van der Waals surface area contributed by atoms with E-state index in [0.29, 0.717) is 0 Å². The number of hydrogen-bond donors (Lipinski definition) is 1. The number of nitrogens with one attached hydrogen (secondary N) is 1. The van der Waals surface area contributed by atoms with Gasteiger partial charge in [-0.25, -0.2) is 0 Å². The predicted molar refractivity (Wildman–Crippen MR) is 53.9 cm³/mol. The molecule has 0 unspecified atom stereocenters. The highest BCUT2D eigenvalue weighted by atomic mass is 32.2. The first-order valence-corrected chi connectivity index (χ1v) is 5.62. The SMILES string of the molecule is CCSCCNCCc1ncon1. The Labute approximate surface area is 82.5 Å². The van der Waals surface area contributed by atoms with Crippen LogP contribution in [0.25, 0.3) is 0 Å². The summed E-state index contributed by atoms with van der Waals surface area (Å²) in [5.74, 6) is 3.13. The van der Waals surface area contributed by atoms with Crippen molar-refractivity contribution in [1.82, 2.24) is 15.5 Å². The highest BCUT2D eigenvalue weighted by Gasteiger charge is 1.96. The molecule has 1 N–H and O–H groups in total. The van der Waals surface area contributed by atoms with Crippen LogP contribution in [0.5, 0.6) is 0 Å². The van der Waals surface area contributed by atoms with E-state index in [9.17, 15) is 0 Å². The molecule has 0 spiro atoms. The standard InChI is InChI=1S/C8H15N3OS/c1-2-13-6-5-9-4-3-8-10-7-12-11-8/h7,9H,2-6H2,1H3. The van der Waals surface area contributed by atoms with E-state index in [-0.39, 0.29) is 0 Å². The Hall–Kier alpha value is -0.550. The van der Waals surface area contributed by atoms with Gasteiger partial charge in [-0.3, -0.25) is 0 Å². The van der Waals surface area contributed by atoms with Crippen molar-refractivity contribution in [2.45, 2.75) is 13.3 Å². The molecule has 0 aliphatic heterocycles. The summed E-state index contributed by atoms with van der Waals surface area (Å²) >= 11 is 1.94. The monoisotopic (exact) mass is 201 g/mol. The van der Waals surface area contributed by atoms with Crippen LogP contribution in [0.2, 0.25) is 0 Å². The van der Waals surface area contributed by atoms with E-state index in [2.05, 4.69) is 26.9 Å². The Balaban J connectivity index is 1.90. The predicted octanol–water partition coefficient (Wildman–Crippen LogP) is 0.955. The Morgan fingerprint density at radius 2 is 2.46 bits per heavy atom. The second-order valence-electron chi connectivity index (χ2n) is 2.54. The Morgan fingerprint density at radius 3 is 3.15 bits per heavy atom. The third-order valence-electron chi connectivity index (χ3n) is 1.56. The first-order chi connectivity index (χ1) is 6.43. The fourth-order valence-corrected chi connectivity index (χ4v) is 1.49. The molecule has 74 valence electrons. The molecule has 0 aromatic carbocycles. The molecule has 0 radical (unpaired) electrons. The maximum absolute atomic E-state index is 4.62. The van der Waals surface area contributed by atoms with E-state index >= 15 is 0 Å². The van der Waals surface area contributed by atoms with E-state index in [1.54, 1.807) is 0 Å². The van der Waals surface area contributed by atoms with Crippen molar-refractivity contribution < 1.29 is 4.52 Å². The van der Waals surface area contributed by atoms with Gasteiger partial charge >= 0.3 is 0 Å². The lowest BCUT2D eigenvalue weighted by atomic mass is 10.4. The minimum absolute atomic E-state index is 0.774. The lowest BCUT2D eigenvalue weighted by molar-refractivity contribution is 0.409. The van der Waals surface area contributed by atoms with Crippen LogP contribution in [-0.2, 0) is 6.42 Å². The van der Waals surface area contributed by atoms with Crippen molar-refractivity contribution in [3.8, 4) is 0 Å². The van der Waals surface area contributed by atoms with Crippen molar-refractivity contribution in [1.29, 1.82) is 0 Å². The lowest BCUT2D eigenvalue weighted by Gasteiger charge is -2.00. The number of hydrogen-bond acceptors (Lipinski definition) is 5. The van der Waals surface area contributed by atoms with Gasteiger partial charge in [0.1, 0.15) is 0 Å². The summed E-state index contributed by atoms with van der Waals surface area (Å²) in [6.45, 7) is 4.14. The average Bonchev–Trinajstić information content (AvgIpc) is 2.63. The first-order valence-electron chi connectivity index (χ1n) is 4.47. The van der Waals surface area contributed by atoms with Gasteiger partial charge in [-0.2, -0.15) is 16.7 Å². The van der Waals surface area contributed by atoms with Crippen LogP contribution in [-0.4, -0.2) is 34.7 Å². The van der Waals surface area contributed by atoms with Gasteiger partial charge in [0.2, 0.25) is 6.39 Å². The Bertz CT molecular complexity index is 203. The molecule has 0 saturated carbocycles. The highest BCUT2D eigenvalue weighted by Crippen LogP contribution is 1.95. The molecule has 1 rings (SSSR count). The zero-order chi connectivity index (χ0) is 9.36. The second kappa shape index (κ2) is 6.91. The number of rotatable bonds is 7. The van der Waals surface area contributed by atoms with Gasteiger partial charge in [0.15, 0.2) is 5.82 Å². The molecule has 1 aromatic heterocycles. The molecule has 0 atom stereocenters. The maximum atomic E-state index is 4.62. The van der Waals surface area contributed by atoms with Crippen molar-refractivity contribution in [2.75, 3.05) is 24.6 Å². The van der Waals surface area contributed by atoms with E-state index in [0.717, 1.165) is 25.3 Å². The summed E-state index contributed by atoms with van der Waals surface area (Å²) in [7, 11) is 0. The lowest BCUT2D eigenvalue weighted by Crippen LogP contribution is -2.20. The molecule has 0 amide bonds. The van der Waals surface area contributed by atoms with E-state index in [1.165, 1.54) is 17.9 Å². The van der Waals surface area contributed by atoms with Gasteiger partial charge in [0.05, 0.1) is 0 Å². The average molecular weight is 201 g/mol. The maximum Gasteiger partial charge on any atom is 0.213 e. The molecular formula is C8H15N3OS. The van der Waals surface area contributed by atoms with Crippen LogP contribution < -0.4 is 5.32 Å². The van der Waals surface area contributed by atoms with Gasteiger partial charge in [-0.05, 0) is 5.75 Å². The zero-order valence-corrected chi connectivity index (χ0v) is 8.64. The van der Waals surface area contributed by atoms with Gasteiger partial charge in [-0.1, -0.05) is 12.1 Å². The summed E-state index contributed by atoms with van der Waals surface area (Å²) in [4.78, 5) is 3.93. The van der Waals surface area contributed by atoms with E-state index < -0.39 is 0 Å². The molecule has 1 heterocycles. The molecule has 0 saturated heterocycles. The molecule has 0 aliphatic carbocycles. The number of nitrogens with zero attached hydrogens (tertiary/aromatic N) is 2. The number of aromatic nitrogens is 2. The van der Waals surface area contributed by atoms with Crippen molar-refractivity contribution in [3.63, 3.8) is 0 Å². The summed E-state index contributed by atoms with van der Waals surface area (Å²) in [6, 6.07) is 0. The summed E-state index contributed by atoms with van der Waals surface area (Å²) < 4.78 is 4.62. The van der Waals surface area contributed by atoms with Gasteiger partial charge in [0.25, 0.3) is 0 Å². The molecule has 4 nitrogen and oxygen atoms in total. The molecular weight excluding hydrogens is 186 g/mol. The fraction of sp³-hybridized carbons (Fsp3) is 0.750. The normalized spacial score (nSPS) is 10.5. The minimum Gasteiger partial charge on any atom is -0.343 e. The molecule has 5 heteroatoms.